The molecule has 3 nitrogen and oxygen atoms in total. The minimum absolute atomic E-state index is 0.360. The number of hydrogen-bond donors (Lipinski definition) is 1. The highest BCUT2D eigenvalue weighted by atomic mass is 16.2. The monoisotopic (exact) mass is 198 g/mol. The molecule has 0 unspecified atom stereocenters. The van der Waals surface area contributed by atoms with Crippen molar-refractivity contribution in [3.63, 3.8) is 0 Å². The van der Waals surface area contributed by atoms with Gasteiger partial charge in [0.05, 0.1) is 0 Å². The van der Waals surface area contributed by atoms with Gasteiger partial charge in [0.2, 0.25) is 5.91 Å². The van der Waals surface area contributed by atoms with E-state index in [4.69, 9.17) is 0 Å². The van der Waals surface area contributed by atoms with E-state index >= 15 is 0 Å². The lowest BCUT2D eigenvalue weighted by Crippen LogP contribution is -2.32. The maximum absolute atomic E-state index is 11.6. The van der Waals surface area contributed by atoms with Gasteiger partial charge in [0.25, 0.3) is 0 Å². The van der Waals surface area contributed by atoms with Gasteiger partial charge in [0.15, 0.2) is 0 Å². The van der Waals surface area contributed by atoms with Gasteiger partial charge in [-0.15, -0.1) is 0 Å². The Hall–Kier alpha value is -0.570. The van der Waals surface area contributed by atoms with Crippen molar-refractivity contribution in [1.82, 2.24) is 10.2 Å². The second-order valence-corrected chi connectivity index (χ2v) is 3.90. The lowest BCUT2D eigenvalue weighted by Gasteiger charge is -2.20. The SMILES string of the molecule is CCNCCCN1CCCCCC1=O. The molecule has 14 heavy (non-hydrogen) atoms. The van der Waals surface area contributed by atoms with Crippen molar-refractivity contribution < 1.29 is 4.79 Å². The third-order valence-corrected chi connectivity index (χ3v) is 2.70. The van der Waals surface area contributed by atoms with Crippen molar-refractivity contribution in [2.24, 2.45) is 0 Å². The maximum Gasteiger partial charge on any atom is 0.222 e. The average Bonchev–Trinajstić information content (AvgIpc) is 2.39. The van der Waals surface area contributed by atoms with Gasteiger partial charge in [0.1, 0.15) is 0 Å². The molecule has 0 atom stereocenters. The van der Waals surface area contributed by atoms with Crippen LogP contribution in [0.3, 0.4) is 0 Å². The zero-order chi connectivity index (χ0) is 10.2. The summed E-state index contributed by atoms with van der Waals surface area (Å²) in [4.78, 5) is 13.6. The van der Waals surface area contributed by atoms with Crippen molar-refractivity contribution in [1.29, 1.82) is 0 Å². The molecule has 0 aromatic heterocycles. The second kappa shape index (κ2) is 6.82. The standard InChI is InChI=1S/C11H22N2O/c1-2-12-8-6-10-13-9-5-3-4-7-11(13)14/h12H,2-10H2,1H3. The van der Waals surface area contributed by atoms with E-state index < -0.39 is 0 Å². The lowest BCUT2D eigenvalue weighted by molar-refractivity contribution is -0.130. The molecule has 1 saturated heterocycles. The van der Waals surface area contributed by atoms with Crippen LogP contribution in [0.4, 0.5) is 0 Å². The van der Waals surface area contributed by atoms with Gasteiger partial charge in [0, 0.05) is 19.5 Å². The fraction of sp³-hybridized carbons (Fsp3) is 0.909. The highest BCUT2D eigenvalue weighted by Gasteiger charge is 2.15. The molecule has 0 radical (unpaired) electrons. The quantitative estimate of drug-likeness (QED) is 0.677. The van der Waals surface area contributed by atoms with Crippen LogP contribution in [-0.4, -0.2) is 37.0 Å². The fourth-order valence-electron chi connectivity index (χ4n) is 1.85. The zero-order valence-electron chi connectivity index (χ0n) is 9.22. The Morgan fingerprint density at radius 1 is 1.36 bits per heavy atom. The molecule has 3 heteroatoms. The van der Waals surface area contributed by atoms with Crippen LogP contribution in [0.25, 0.3) is 0 Å². The van der Waals surface area contributed by atoms with Crippen LogP contribution in [0.1, 0.15) is 39.0 Å². The molecule has 1 amide bonds. The van der Waals surface area contributed by atoms with E-state index in [1.165, 1.54) is 12.8 Å². The topological polar surface area (TPSA) is 32.3 Å². The van der Waals surface area contributed by atoms with Crippen LogP contribution in [-0.2, 0) is 4.79 Å². The predicted molar refractivity (Wildman–Crippen MR) is 58.2 cm³/mol. The highest BCUT2D eigenvalue weighted by Crippen LogP contribution is 2.10. The molecule has 0 aliphatic carbocycles. The normalized spacial score (nSPS) is 18.4. The summed E-state index contributed by atoms with van der Waals surface area (Å²) >= 11 is 0. The summed E-state index contributed by atoms with van der Waals surface area (Å²) in [6, 6.07) is 0. The Bertz CT molecular complexity index is 171. The number of likely N-dealkylation sites (tertiary alicyclic amines) is 1. The summed E-state index contributed by atoms with van der Waals surface area (Å²) in [6.07, 6.45) is 5.34. The van der Waals surface area contributed by atoms with Crippen molar-refractivity contribution in [3.8, 4) is 0 Å². The number of carbonyl (C=O) groups excluding carboxylic acids is 1. The summed E-state index contributed by atoms with van der Waals surface area (Å²) in [6.45, 7) is 6.07. The highest BCUT2D eigenvalue weighted by molar-refractivity contribution is 5.76. The van der Waals surface area contributed by atoms with Gasteiger partial charge in [-0.1, -0.05) is 13.3 Å². The van der Waals surface area contributed by atoms with Gasteiger partial charge in [-0.25, -0.2) is 0 Å². The van der Waals surface area contributed by atoms with E-state index in [0.29, 0.717) is 5.91 Å². The maximum atomic E-state index is 11.6. The van der Waals surface area contributed by atoms with E-state index in [2.05, 4.69) is 12.2 Å². The Morgan fingerprint density at radius 2 is 2.21 bits per heavy atom. The van der Waals surface area contributed by atoms with E-state index in [9.17, 15) is 4.79 Å². The molecule has 82 valence electrons. The number of nitrogens with one attached hydrogen (secondary N) is 1. The van der Waals surface area contributed by atoms with Crippen molar-refractivity contribution in [2.45, 2.75) is 39.0 Å². The summed E-state index contributed by atoms with van der Waals surface area (Å²) < 4.78 is 0. The molecule has 0 aromatic rings. The first-order valence-corrected chi connectivity index (χ1v) is 5.83. The molecule has 1 aliphatic rings. The second-order valence-electron chi connectivity index (χ2n) is 3.90. The molecule has 1 heterocycles. The molecule has 0 saturated carbocycles. The Balaban J connectivity index is 2.16. The number of rotatable bonds is 5. The summed E-state index contributed by atoms with van der Waals surface area (Å²) in [7, 11) is 0. The minimum atomic E-state index is 0.360. The largest absolute Gasteiger partial charge is 0.343 e. The third kappa shape index (κ3) is 4.09. The van der Waals surface area contributed by atoms with Gasteiger partial charge < -0.3 is 10.2 Å². The molecule has 0 bridgehead atoms. The molecule has 1 fully saturated rings. The molecule has 1 aliphatic heterocycles. The Labute approximate surface area is 86.9 Å². The number of amides is 1. The van der Waals surface area contributed by atoms with Crippen LogP contribution in [0.5, 0.6) is 0 Å². The molecular formula is C11H22N2O. The molecular weight excluding hydrogens is 176 g/mol. The van der Waals surface area contributed by atoms with Crippen LogP contribution < -0.4 is 5.32 Å². The van der Waals surface area contributed by atoms with Crippen LogP contribution in [0.15, 0.2) is 0 Å². The lowest BCUT2D eigenvalue weighted by atomic mass is 10.2. The molecule has 0 spiro atoms. The zero-order valence-corrected chi connectivity index (χ0v) is 9.22. The van der Waals surface area contributed by atoms with E-state index in [0.717, 1.165) is 45.4 Å². The number of carbonyl (C=O) groups is 1. The predicted octanol–water partition coefficient (Wildman–Crippen LogP) is 1.39. The Kier molecular flexibility index (Phi) is 5.60. The van der Waals surface area contributed by atoms with Crippen molar-refractivity contribution >= 4 is 5.91 Å². The van der Waals surface area contributed by atoms with Crippen LogP contribution in [0.2, 0.25) is 0 Å². The first-order valence-electron chi connectivity index (χ1n) is 5.83. The van der Waals surface area contributed by atoms with Crippen LogP contribution in [0, 0.1) is 0 Å². The summed E-state index contributed by atoms with van der Waals surface area (Å²) in [5, 5.41) is 3.28. The van der Waals surface area contributed by atoms with Crippen molar-refractivity contribution in [2.75, 3.05) is 26.2 Å². The van der Waals surface area contributed by atoms with E-state index in [1.807, 2.05) is 4.90 Å². The number of nitrogens with zero attached hydrogens (tertiary/aromatic N) is 1. The van der Waals surface area contributed by atoms with Gasteiger partial charge >= 0.3 is 0 Å². The summed E-state index contributed by atoms with van der Waals surface area (Å²) in [5.74, 6) is 0.360. The van der Waals surface area contributed by atoms with Gasteiger partial charge in [-0.05, 0) is 32.4 Å². The van der Waals surface area contributed by atoms with Gasteiger partial charge in [-0.2, -0.15) is 0 Å². The fourth-order valence-corrected chi connectivity index (χ4v) is 1.85. The molecule has 0 aromatic carbocycles. The van der Waals surface area contributed by atoms with E-state index in [1.54, 1.807) is 0 Å². The third-order valence-electron chi connectivity index (χ3n) is 2.70. The number of hydrogen-bond acceptors (Lipinski definition) is 2. The van der Waals surface area contributed by atoms with Gasteiger partial charge in [-0.3, -0.25) is 4.79 Å². The summed E-state index contributed by atoms with van der Waals surface area (Å²) in [5.41, 5.74) is 0. The van der Waals surface area contributed by atoms with E-state index in [-0.39, 0.29) is 0 Å². The average molecular weight is 198 g/mol. The molecule has 1 rings (SSSR count). The molecule has 1 N–H and O–H groups in total. The smallest absolute Gasteiger partial charge is 0.222 e. The van der Waals surface area contributed by atoms with Crippen LogP contribution >= 0.6 is 0 Å². The Morgan fingerprint density at radius 3 is 3.00 bits per heavy atom. The first-order chi connectivity index (χ1) is 6.84. The first kappa shape index (κ1) is 11.5. The van der Waals surface area contributed by atoms with Crippen molar-refractivity contribution in [3.05, 3.63) is 0 Å². The minimum Gasteiger partial charge on any atom is -0.343 e.